The maximum atomic E-state index is 6.11. The monoisotopic (exact) mass is 289 g/mol. The summed E-state index contributed by atoms with van der Waals surface area (Å²) in [6.07, 6.45) is 0.916. The Morgan fingerprint density at radius 2 is 2.28 bits per heavy atom. The van der Waals surface area contributed by atoms with Crippen molar-refractivity contribution in [1.82, 2.24) is 5.32 Å². The fourth-order valence-electron chi connectivity index (χ4n) is 2.06. The molecule has 0 radical (unpaired) electrons. The number of methoxy groups -OCH3 is 1. The average molecular weight is 290 g/mol. The first-order chi connectivity index (χ1) is 8.65. The smallest absolute Gasteiger partial charge is 0.106 e. The highest BCUT2D eigenvalue weighted by atomic mass is 35.5. The first kappa shape index (κ1) is 14.1. The lowest BCUT2D eigenvalue weighted by Crippen LogP contribution is -2.42. The molecule has 0 saturated carbocycles. The number of rotatable bonds is 5. The van der Waals surface area contributed by atoms with Crippen molar-refractivity contribution >= 4 is 23.2 Å². The number of halogens is 2. The van der Waals surface area contributed by atoms with E-state index in [0.717, 1.165) is 30.2 Å². The molecule has 100 valence electrons. The van der Waals surface area contributed by atoms with Crippen LogP contribution in [0.15, 0.2) is 18.2 Å². The normalized spacial score (nSPS) is 23.5. The fraction of sp³-hybridized carbons (Fsp3) is 0.538. The van der Waals surface area contributed by atoms with Gasteiger partial charge in [-0.1, -0.05) is 23.2 Å². The zero-order chi connectivity index (χ0) is 13.0. The van der Waals surface area contributed by atoms with Crippen molar-refractivity contribution < 1.29 is 9.47 Å². The van der Waals surface area contributed by atoms with E-state index in [-0.39, 0.29) is 5.60 Å². The molecule has 1 aliphatic heterocycles. The van der Waals surface area contributed by atoms with Crippen molar-refractivity contribution in [2.75, 3.05) is 26.9 Å². The summed E-state index contributed by atoms with van der Waals surface area (Å²) >= 11 is 12.1. The Bertz CT molecular complexity index is 406. The van der Waals surface area contributed by atoms with E-state index in [4.69, 9.17) is 32.7 Å². The van der Waals surface area contributed by atoms with Crippen molar-refractivity contribution in [3.05, 3.63) is 33.8 Å². The highest BCUT2D eigenvalue weighted by Crippen LogP contribution is 2.23. The van der Waals surface area contributed by atoms with Crippen LogP contribution in [0.1, 0.15) is 12.0 Å². The number of hydrogen-bond acceptors (Lipinski definition) is 3. The minimum absolute atomic E-state index is 0.203. The molecule has 1 aromatic rings. The molecule has 2 rings (SSSR count). The number of benzene rings is 1. The van der Waals surface area contributed by atoms with Gasteiger partial charge in [-0.2, -0.15) is 0 Å². The van der Waals surface area contributed by atoms with E-state index in [0.29, 0.717) is 18.2 Å². The molecule has 1 aromatic carbocycles. The van der Waals surface area contributed by atoms with Gasteiger partial charge < -0.3 is 14.8 Å². The lowest BCUT2D eigenvalue weighted by atomic mass is 10.0. The van der Waals surface area contributed by atoms with Crippen molar-refractivity contribution in [1.29, 1.82) is 0 Å². The molecule has 1 unspecified atom stereocenters. The molecule has 18 heavy (non-hydrogen) atoms. The topological polar surface area (TPSA) is 30.5 Å². The van der Waals surface area contributed by atoms with Gasteiger partial charge >= 0.3 is 0 Å². The summed E-state index contributed by atoms with van der Waals surface area (Å²) in [6, 6.07) is 5.47. The predicted molar refractivity (Wildman–Crippen MR) is 73.3 cm³/mol. The zero-order valence-corrected chi connectivity index (χ0v) is 11.9. The number of nitrogens with one attached hydrogen (secondary N) is 1. The number of ether oxygens (including phenoxy) is 2. The summed E-state index contributed by atoms with van der Waals surface area (Å²) in [4.78, 5) is 0. The molecule has 1 heterocycles. The maximum absolute atomic E-state index is 6.11. The molecular formula is C13H17Cl2NO2. The Hall–Kier alpha value is -0.320. The molecule has 0 spiro atoms. The van der Waals surface area contributed by atoms with Gasteiger partial charge in [0.25, 0.3) is 0 Å². The van der Waals surface area contributed by atoms with Gasteiger partial charge in [-0.15, -0.1) is 0 Å². The van der Waals surface area contributed by atoms with Crippen LogP contribution in [0.5, 0.6) is 0 Å². The van der Waals surface area contributed by atoms with Crippen LogP contribution in [-0.4, -0.2) is 32.5 Å². The summed E-state index contributed by atoms with van der Waals surface area (Å²) in [5.74, 6) is 0. The third-order valence-electron chi connectivity index (χ3n) is 3.27. The summed E-state index contributed by atoms with van der Waals surface area (Å²) < 4.78 is 10.9. The molecule has 0 bridgehead atoms. The van der Waals surface area contributed by atoms with E-state index in [1.165, 1.54) is 0 Å². The standard InChI is InChI=1S/C13H17Cl2NO2/c1-17-13(4-5-18-9-13)8-16-7-10-6-11(14)2-3-12(10)15/h2-3,6,16H,4-5,7-9H2,1H3. The van der Waals surface area contributed by atoms with E-state index in [1.54, 1.807) is 13.2 Å². The second-order valence-corrected chi connectivity index (χ2v) is 5.37. The van der Waals surface area contributed by atoms with Gasteiger partial charge in [0.2, 0.25) is 0 Å². The van der Waals surface area contributed by atoms with Gasteiger partial charge in [-0.3, -0.25) is 0 Å². The summed E-state index contributed by atoms with van der Waals surface area (Å²) in [6.45, 7) is 2.81. The van der Waals surface area contributed by atoms with Gasteiger partial charge in [0.05, 0.1) is 6.61 Å². The minimum Gasteiger partial charge on any atom is -0.378 e. The van der Waals surface area contributed by atoms with E-state index < -0.39 is 0 Å². The van der Waals surface area contributed by atoms with Crippen molar-refractivity contribution in [2.24, 2.45) is 0 Å². The molecule has 1 atom stereocenters. The van der Waals surface area contributed by atoms with Crippen LogP contribution in [0.3, 0.4) is 0 Å². The predicted octanol–water partition coefficient (Wildman–Crippen LogP) is 2.89. The molecular weight excluding hydrogens is 273 g/mol. The van der Waals surface area contributed by atoms with Crippen LogP contribution in [0.25, 0.3) is 0 Å². The lowest BCUT2D eigenvalue weighted by molar-refractivity contribution is -0.0159. The summed E-state index contributed by atoms with van der Waals surface area (Å²) in [5.41, 5.74) is 0.791. The molecule has 0 aromatic heterocycles. The van der Waals surface area contributed by atoms with E-state index >= 15 is 0 Å². The Kier molecular flexibility index (Phi) is 4.87. The van der Waals surface area contributed by atoms with Gasteiger partial charge in [0, 0.05) is 43.3 Å². The van der Waals surface area contributed by atoms with E-state index in [9.17, 15) is 0 Å². The first-order valence-corrected chi connectivity index (χ1v) is 6.68. The van der Waals surface area contributed by atoms with Crippen LogP contribution in [0.2, 0.25) is 10.0 Å². The molecule has 1 N–H and O–H groups in total. The van der Waals surface area contributed by atoms with Crippen molar-refractivity contribution in [3.63, 3.8) is 0 Å². The third-order valence-corrected chi connectivity index (χ3v) is 3.87. The van der Waals surface area contributed by atoms with E-state index in [1.807, 2.05) is 12.1 Å². The van der Waals surface area contributed by atoms with Gasteiger partial charge in [-0.25, -0.2) is 0 Å². The lowest BCUT2D eigenvalue weighted by Gasteiger charge is -2.26. The maximum Gasteiger partial charge on any atom is 0.106 e. The van der Waals surface area contributed by atoms with Gasteiger partial charge in [-0.05, 0) is 23.8 Å². The Morgan fingerprint density at radius 3 is 2.94 bits per heavy atom. The highest BCUT2D eigenvalue weighted by molar-refractivity contribution is 6.33. The Morgan fingerprint density at radius 1 is 1.44 bits per heavy atom. The largest absolute Gasteiger partial charge is 0.378 e. The van der Waals surface area contributed by atoms with Crippen LogP contribution in [0, 0.1) is 0 Å². The molecule has 5 heteroatoms. The van der Waals surface area contributed by atoms with Gasteiger partial charge in [0.15, 0.2) is 0 Å². The van der Waals surface area contributed by atoms with Crippen LogP contribution < -0.4 is 5.32 Å². The fourth-order valence-corrected chi connectivity index (χ4v) is 2.44. The highest BCUT2D eigenvalue weighted by Gasteiger charge is 2.34. The molecule has 1 aliphatic rings. The van der Waals surface area contributed by atoms with Crippen molar-refractivity contribution in [2.45, 2.75) is 18.6 Å². The van der Waals surface area contributed by atoms with Crippen LogP contribution in [-0.2, 0) is 16.0 Å². The van der Waals surface area contributed by atoms with Crippen LogP contribution >= 0.6 is 23.2 Å². The molecule has 0 amide bonds. The van der Waals surface area contributed by atoms with E-state index in [2.05, 4.69) is 5.32 Å². The minimum atomic E-state index is -0.203. The number of hydrogen-bond donors (Lipinski definition) is 1. The van der Waals surface area contributed by atoms with Crippen molar-refractivity contribution in [3.8, 4) is 0 Å². The quantitative estimate of drug-likeness (QED) is 0.904. The zero-order valence-electron chi connectivity index (χ0n) is 10.3. The Labute approximate surface area is 117 Å². The SMILES string of the molecule is COC1(CNCc2cc(Cl)ccc2Cl)CCOC1. The second-order valence-electron chi connectivity index (χ2n) is 4.53. The molecule has 1 saturated heterocycles. The van der Waals surface area contributed by atoms with Crippen LogP contribution in [0.4, 0.5) is 0 Å². The Balaban J connectivity index is 1.89. The summed E-state index contributed by atoms with van der Waals surface area (Å²) in [5, 5.41) is 4.77. The van der Waals surface area contributed by atoms with Gasteiger partial charge in [0.1, 0.15) is 5.60 Å². The molecule has 3 nitrogen and oxygen atoms in total. The molecule has 1 fully saturated rings. The third kappa shape index (κ3) is 3.37. The first-order valence-electron chi connectivity index (χ1n) is 5.93. The second kappa shape index (κ2) is 6.22. The average Bonchev–Trinajstić information content (AvgIpc) is 2.83. The summed E-state index contributed by atoms with van der Waals surface area (Å²) in [7, 11) is 1.72. The molecule has 0 aliphatic carbocycles.